The number of carbonyl (C=O) groups excluding carboxylic acids is 1. The number of amides is 1. The molecule has 0 radical (unpaired) electrons. The fourth-order valence-corrected chi connectivity index (χ4v) is 3.71. The van der Waals surface area contributed by atoms with Crippen LogP contribution in [0.1, 0.15) is 12.7 Å². The molecule has 1 amide bonds. The fraction of sp³-hybridized carbons (Fsp3) is 0.333. The molecular formula is C18H20N6O3S. The normalized spacial score (nSPS) is 12.9. The number of carbonyl (C=O) groups is 1. The molecule has 3 aromatic rings. The van der Waals surface area contributed by atoms with Crippen LogP contribution in [0.2, 0.25) is 0 Å². The van der Waals surface area contributed by atoms with Crippen molar-refractivity contribution in [3.63, 3.8) is 0 Å². The van der Waals surface area contributed by atoms with E-state index in [1.165, 1.54) is 11.8 Å². The Kier molecular flexibility index (Phi) is 5.20. The third-order valence-corrected chi connectivity index (χ3v) is 5.14. The molecule has 0 atom stereocenters. The Hall–Kier alpha value is -3.01. The lowest BCUT2D eigenvalue weighted by molar-refractivity contribution is -0.113. The number of fused-ring (bicyclic) bond motifs is 1. The molecule has 1 N–H and O–H groups in total. The highest BCUT2D eigenvalue weighted by Crippen LogP contribution is 2.32. The molecule has 0 unspecified atom stereocenters. The number of anilines is 3. The van der Waals surface area contributed by atoms with Crippen LogP contribution < -0.4 is 15.0 Å². The van der Waals surface area contributed by atoms with Crippen molar-refractivity contribution in [1.82, 2.24) is 19.9 Å². The van der Waals surface area contributed by atoms with Crippen LogP contribution in [0.5, 0.6) is 5.75 Å². The molecule has 28 heavy (non-hydrogen) atoms. The van der Waals surface area contributed by atoms with E-state index in [1.807, 2.05) is 35.8 Å². The average Bonchev–Trinajstić information content (AvgIpc) is 3.38. The zero-order valence-corrected chi connectivity index (χ0v) is 16.4. The maximum Gasteiger partial charge on any atom is 0.236 e. The molecular weight excluding hydrogens is 380 g/mol. The second kappa shape index (κ2) is 7.93. The van der Waals surface area contributed by atoms with E-state index in [-0.39, 0.29) is 11.7 Å². The number of ether oxygens (including phenoxy) is 1. The smallest absolute Gasteiger partial charge is 0.236 e. The van der Waals surface area contributed by atoms with Gasteiger partial charge in [0, 0.05) is 24.8 Å². The molecule has 0 saturated carbocycles. The number of benzene rings is 1. The van der Waals surface area contributed by atoms with E-state index in [2.05, 4.69) is 25.6 Å². The summed E-state index contributed by atoms with van der Waals surface area (Å²) in [7, 11) is 0. The molecule has 1 aliphatic heterocycles. The highest BCUT2D eigenvalue weighted by Gasteiger charge is 2.26. The molecule has 4 rings (SSSR count). The number of thioether (sulfide) groups is 1. The number of aryl methyl sites for hydroxylation is 1. The SMILES string of the molecule is CCOc1ccc(N2CCn3c(SCC(=O)Nc4cc(C)on4)nnc32)cc1. The highest BCUT2D eigenvalue weighted by atomic mass is 32.2. The molecule has 3 heterocycles. The Balaban J connectivity index is 1.39. The Labute approximate surface area is 166 Å². The third-order valence-electron chi connectivity index (χ3n) is 4.17. The topological polar surface area (TPSA) is 98.3 Å². The van der Waals surface area contributed by atoms with Crippen LogP contribution in [0.25, 0.3) is 0 Å². The van der Waals surface area contributed by atoms with Gasteiger partial charge >= 0.3 is 0 Å². The standard InChI is InChI=1S/C18H20N6O3S/c1-3-26-14-6-4-13(5-7-14)23-8-9-24-17(23)20-21-18(24)28-11-16(25)19-15-10-12(2)27-22-15/h4-7,10H,3,8-9,11H2,1-2H3,(H,19,22,25). The summed E-state index contributed by atoms with van der Waals surface area (Å²) >= 11 is 1.35. The number of nitrogens with zero attached hydrogens (tertiary/aromatic N) is 5. The summed E-state index contributed by atoms with van der Waals surface area (Å²) in [5, 5.41) is 15.7. The summed E-state index contributed by atoms with van der Waals surface area (Å²) in [4.78, 5) is 14.2. The Morgan fingerprint density at radius 3 is 2.82 bits per heavy atom. The third kappa shape index (κ3) is 3.81. The van der Waals surface area contributed by atoms with Crippen molar-refractivity contribution in [3.05, 3.63) is 36.1 Å². The van der Waals surface area contributed by atoms with E-state index in [0.29, 0.717) is 18.2 Å². The summed E-state index contributed by atoms with van der Waals surface area (Å²) in [5.41, 5.74) is 1.03. The van der Waals surface area contributed by atoms with Gasteiger partial charge in [-0.05, 0) is 38.1 Å². The summed E-state index contributed by atoms with van der Waals surface area (Å²) < 4.78 is 12.5. The number of hydrogen-bond donors (Lipinski definition) is 1. The van der Waals surface area contributed by atoms with Crippen molar-refractivity contribution in [3.8, 4) is 5.75 Å². The second-order valence-corrected chi connectivity index (χ2v) is 7.11. The van der Waals surface area contributed by atoms with E-state index in [0.717, 1.165) is 35.6 Å². The lowest BCUT2D eigenvalue weighted by Gasteiger charge is -2.15. The van der Waals surface area contributed by atoms with Gasteiger partial charge < -0.3 is 19.5 Å². The molecule has 9 nitrogen and oxygen atoms in total. The van der Waals surface area contributed by atoms with Crippen molar-refractivity contribution >= 4 is 35.1 Å². The summed E-state index contributed by atoms with van der Waals surface area (Å²) in [6, 6.07) is 9.59. The maximum absolute atomic E-state index is 12.1. The van der Waals surface area contributed by atoms with Gasteiger partial charge in [0.2, 0.25) is 11.9 Å². The first kappa shape index (κ1) is 18.4. The molecule has 1 aromatic carbocycles. The quantitative estimate of drug-likeness (QED) is 0.605. The zero-order chi connectivity index (χ0) is 19.5. The lowest BCUT2D eigenvalue weighted by atomic mass is 10.3. The van der Waals surface area contributed by atoms with Crippen molar-refractivity contribution in [1.29, 1.82) is 0 Å². The van der Waals surface area contributed by atoms with Crippen molar-refractivity contribution in [2.75, 3.05) is 29.1 Å². The van der Waals surface area contributed by atoms with Gasteiger partial charge in [-0.1, -0.05) is 16.9 Å². The van der Waals surface area contributed by atoms with E-state index < -0.39 is 0 Å². The van der Waals surface area contributed by atoms with E-state index in [9.17, 15) is 4.79 Å². The van der Waals surface area contributed by atoms with Crippen molar-refractivity contribution < 1.29 is 14.1 Å². The van der Waals surface area contributed by atoms with Gasteiger partial charge in [-0.15, -0.1) is 10.2 Å². The van der Waals surface area contributed by atoms with E-state index in [1.54, 1.807) is 13.0 Å². The van der Waals surface area contributed by atoms with Gasteiger partial charge in [-0.25, -0.2) is 0 Å². The van der Waals surface area contributed by atoms with Crippen LogP contribution in [0, 0.1) is 6.92 Å². The van der Waals surface area contributed by atoms with Crippen LogP contribution in [0.4, 0.5) is 17.5 Å². The fourth-order valence-electron chi connectivity index (χ4n) is 2.95. The lowest BCUT2D eigenvalue weighted by Crippen LogP contribution is -2.15. The summed E-state index contributed by atoms with van der Waals surface area (Å²) in [6.07, 6.45) is 0. The number of aromatic nitrogens is 4. The van der Waals surface area contributed by atoms with Gasteiger partial charge in [-0.2, -0.15) is 0 Å². The average molecular weight is 400 g/mol. The second-order valence-electron chi connectivity index (χ2n) is 6.17. The van der Waals surface area contributed by atoms with Crippen LogP contribution in [-0.2, 0) is 11.3 Å². The minimum absolute atomic E-state index is 0.169. The zero-order valence-electron chi connectivity index (χ0n) is 15.6. The molecule has 0 spiro atoms. The van der Waals surface area contributed by atoms with Crippen LogP contribution in [0.15, 0.2) is 40.0 Å². The Morgan fingerprint density at radius 2 is 2.11 bits per heavy atom. The minimum Gasteiger partial charge on any atom is -0.494 e. The first-order chi connectivity index (χ1) is 13.6. The molecule has 0 aliphatic carbocycles. The van der Waals surface area contributed by atoms with Crippen LogP contribution in [-0.4, -0.2) is 44.7 Å². The number of rotatable bonds is 7. The van der Waals surface area contributed by atoms with Gasteiger partial charge in [0.1, 0.15) is 11.5 Å². The van der Waals surface area contributed by atoms with Gasteiger partial charge in [0.15, 0.2) is 11.0 Å². The van der Waals surface area contributed by atoms with E-state index >= 15 is 0 Å². The first-order valence-electron chi connectivity index (χ1n) is 8.93. The van der Waals surface area contributed by atoms with Crippen molar-refractivity contribution in [2.24, 2.45) is 0 Å². The number of nitrogens with one attached hydrogen (secondary N) is 1. The van der Waals surface area contributed by atoms with Gasteiger partial charge in [0.05, 0.1) is 12.4 Å². The molecule has 0 saturated heterocycles. The Morgan fingerprint density at radius 1 is 1.29 bits per heavy atom. The highest BCUT2D eigenvalue weighted by molar-refractivity contribution is 7.99. The van der Waals surface area contributed by atoms with Gasteiger partial charge in [0.25, 0.3) is 0 Å². The van der Waals surface area contributed by atoms with E-state index in [4.69, 9.17) is 9.26 Å². The molecule has 0 bridgehead atoms. The molecule has 0 fully saturated rings. The van der Waals surface area contributed by atoms with Crippen molar-refractivity contribution in [2.45, 2.75) is 25.5 Å². The predicted molar refractivity (Wildman–Crippen MR) is 105 cm³/mol. The predicted octanol–water partition coefficient (Wildman–Crippen LogP) is 2.86. The van der Waals surface area contributed by atoms with Crippen LogP contribution in [0.3, 0.4) is 0 Å². The summed E-state index contributed by atoms with van der Waals surface area (Å²) in [6.45, 7) is 5.94. The van der Waals surface area contributed by atoms with Crippen LogP contribution >= 0.6 is 11.8 Å². The monoisotopic (exact) mass is 400 g/mol. The number of hydrogen-bond acceptors (Lipinski definition) is 8. The molecule has 10 heteroatoms. The molecule has 146 valence electrons. The largest absolute Gasteiger partial charge is 0.494 e. The maximum atomic E-state index is 12.1. The minimum atomic E-state index is -0.169. The summed E-state index contributed by atoms with van der Waals surface area (Å²) in [5.74, 6) is 2.73. The first-order valence-corrected chi connectivity index (χ1v) is 9.92. The Bertz CT molecular complexity index is 968. The molecule has 2 aromatic heterocycles. The van der Waals surface area contributed by atoms with Gasteiger partial charge in [-0.3, -0.25) is 9.36 Å². The molecule has 1 aliphatic rings.